The van der Waals surface area contributed by atoms with Gasteiger partial charge in [0.2, 0.25) is 17.6 Å². The number of hydrogen-bond donors (Lipinski definition) is 1. The molecule has 0 bridgehead atoms. The predicted molar refractivity (Wildman–Crippen MR) is 95.0 cm³/mol. The molecule has 0 fully saturated rings. The van der Waals surface area contributed by atoms with E-state index in [0.29, 0.717) is 29.7 Å². The molecule has 2 heterocycles. The van der Waals surface area contributed by atoms with Crippen molar-refractivity contribution in [2.24, 2.45) is 0 Å². The predicted octanol–water partition coefficient (Wildman–Crippen LogP) is 3.83. The first kappa shape index (κ1) is 16.8. The van der Waals surface area contributed by atoms with E-state index in [9.17, 15) is 4.79 Å². The first-order valence-corrected chi connectivity index (χ1v) is 8.25. The standard InChI is InChI=1S/C19H20N4O2/c1-13(2)14-6-8-15(9-7-14)21-17(24)10-11-18-22-19(23-25-18)16-5-3-4-12-20-16/h3-9,12-13H,10-11H2,1-2H3,(H,21,24). The summed E-state index contributed by atoms with van der Waals surface area (Å²) in [5, 5.41) is 6.77. The SMILES string of the molecule is CC(C)c1ccc(NC(=O)CCc2nc(-c3ccccn3)no2)cc1. The number of carbonyl (C=O) groups is 1. The highest BCUT2D eigenvalue weighted by Crippen LogP contribution is 2.17. The fraction of sp³-hybridized carbons (Fsp3) is 0.263. The Hall–Kier alpha value is -3.02. The van der Waals surface area contributed by atoms with E-state index in [1.807, 2.05) is 42.5 Å². The molecule has 0 spiro atoms. The lowest BCUT2D eigenvalue weighted by atomic mass is 10.0. The normalized spacial score (nSPS) is 10.8. The molecule has 0 saturated heterocycles. The number of nitrogens with zero attached hydrogens (tertiary/aromatic N) is 3. The number of benzene rings is 1. The van der Waals surface area contributed by atoms with E-state index in [0.717, 1.165) is 5.69 Å². The van der Waals surface area contributed by atoms with E-state index in [-0.39, 0.29) is 12.3 Å². The lowest BCUT2D eigenvalue weighted by molar-refractivity contribution is -0.116. The largest absolute Gasteiger partial charge is 0.339 e. The van der Waals surface area contributed by atoms with Gasteiger partial charge in [-0.2, -0.15) is 4.98 Å². The molecule has 6 nitrogen and oxygen atoms in total. The summed E-state index contributed by atoms with van der Waals surface area (Å²) in [7, 11) is 0. The number of amides is 1. The van der Waals surface area contributed by atoms with Gasteiger partial charge >= 0.3 is 0 Å². The van der Waals surface area contributed by atoms with Gasteiger partial charge in [-0.3, -0.25) is 9.78 Å². The van der Waals surface area contributed by atoms with Crippen LogP contribution in [0.5, 0.6) is 0 Å². The van der Waals surface area contributed by atoms with Crippen LogP contribution < -0.4 is 5.32 Å². The summed E-state index contributed by atoms with van der Waals surface area (Å²) in [5.74, 6) is 1.23. The maximum absolute atomic E-state index is 12.1. The molecular weight excluding hydrogens is 316 g/mol. The van der Waals surface area contributed by atoms with Gasteiger partial charge in [-0.25, -0.2) is 0 Å². The molecule has 6 heteroatoms. The number of anilines is 1. The van der Waals surface area contributed by atoms with Gasteiger partial charge in [0.15, 0.2) is 0 Å². The highest BCUT2D eigenvalue weighted by atomic mass is 16.5. The maximum Gasteiger partial charge on any atom is 0.227 e. The van der Waals surface area contributed by atoms with Crippen molar-refractivity contribution in [1.82, 2.24) is 15.1 Å². The minimum Gasteiger partial charge on any atom is -0.339 e. The lowest BCUT2D eigenvalue weighted by Crippen LogP contribution is -2.12. The van der Waals surface area contributed by atoms with Gasteiger partial charge < -0.3 is 9.84 Å². The third-order valence-electron chi connectivity index (χ3n) is 3.79. The van der Waals surface area contributed by atoms with Gasteiger partial charge in [-0.05, 0) is 35.7 Å². The van der Waals surface area contributed by atoms with Crippen molar-refractivity contribution in [3.05, 3.63) is 60.1 Å². The topological polar surface area (TPSA) is 80.9 Å². The molecule has 0 unspecified atom stereocenters. The summed E-state index contributed by atoms with van der Waals surface area (Å²) in [6, 6.07) is 13.4. The molecule has 128 valence electrons. The highest BCUT2D eigenvalue weighted by molar-refractivity contribution is 5.90. The fourth-order valence-corrected chi connectivity index (χ4v) is 2.35. The Morgan fingerprint density at radius 1 is 1.16 bits per heavy atom. The van der Waals surface area contributed by atoms with Gasteiger partial charge in [-0.1, -0.05) is 37.2 Å². The summed E-state index contributed by atoms with van der Waals surface area (Å²) in [6.45, 7) is 4.27. The van der Waals surface area contributed by atoms with Crippen LogP contribution in [-0.4, -0.2) is 21.0 Å². The Kier molecular flexibility index (Phi) is 5.18. The molecule has 0 aliphatic carbocycles. The first-order valence-electron chi connectivity index (χ1n) is 8.25. The van der Waals surface area contributed by atoms with Crippen molar-refractivity contribution in [3.63, 3.8) is 0 Å². The van der Waals surface area contributed by atoms with Crippen LogP contribution in [0.1, 0.15) is 37.6 Å². The highest BCUT2D eigenvalue weighted by Gasteiger charge is 2.11. The zero-order valence-electron chi connectivity index (χ0n) is 14.3. The second-order valence-electron chi connectivity index (χ2n) is 6.05. The molecule has 3 rings (SSSR count). The third-order valence-corrected chi connectivity index (χ3v) is 3.79. The van der Waals surface area contributed by atoms with Crippen molar-refractivity contribution >= 4 is 11.6 Å². The quantitative estimate of drug-likeness (QED) is 0.740. The van der Waals surface area contributed by atoms with E-state index in [1.54, 1.807) is 6.20 Å². The molecule has 25 heavy (non-hydrogen) atoms. The van der Waals surface area contributed by atoms with E-state index < -0.39 is 0 Å². The van der Waals surface area contributed by atoms with E-state index in [1.165, 1.54) is 5.56 Å². The molecule has 1 aromatic carbocycles. The van der Waals surface area contributed by atoms with Crippen molar-refractivity contribution in [2.45, 2.75) is 32.6 Å². The Morgan fingerprint density at radius 2 is 1.96 bits per heavy atom. The third kappa shape index (κ3) is 4.50. The van der Waals surface area contributed by atoms with Gasteiger partial charge in [-0.15, -0.1) is 0 Å². The van der Waals surface area contributed by atoms with Crippen molar-refractivity contribution in [2.75, 3.05) is 5.32 Å². The summed E-state index contributed by atoms with van der Waals surface area (Å²) in [6.07, 6.45) is 2.33. The number of carbonyl (C=O) groups excluding carboxylic acids is 1. The van der Waals surface area contributed by atoms with Crippen LogP contribution in [0, 0.1) is 0 Å². The van der Waals surface area contributed by atoms with Crippen LogP contribution in [-0.2, 0) is 11.2 Å². The van der Waals surface area contributed by atoms with Gasteiger partial charge in [0, 0.05) is 24.7 Å². The molecule has 0 aliphatic heterocycles. The fourth-order valence-electron chi connectivity index (χ4n) is 2.35. The van der Waals surface area contributed by atoms with Crippen LogP contribution >= 0.6 is 0 Å². The molecule has 0 atom stereocenters. The van der Waals surface area contributed by atoms with Crippen molar-refractivity contribution in [3.8, 4) is 11.5 Å². The molecule has 1 amide bonds. The van der Waals surface area contributed by atoms with Crippen molar-refractivity contribution < 1.29 is 9.32 Å². The van der Waals surface area contributed by atoms with E-state index in [4.69, 9.17) is 4.52 Å². The Balaban J connectivity index is 1.53. The number of aromatic nitrogens is 3. The first-order chi connectivity index (χ1) is 12.1. The molecular formula is C19H20N4O2. The molecule has 3 aromatic rings. The number of pyridine rings is 1. The Labute approximate surface area is 146 Å². The van der Waals surface area contributed by atoms with Gasteiger partial charge in [0.25, 0.3) is 0 Å². The van der Waals surface area contributed by atoms with Crippen LogP contribution in [0.3, 0.4) is 0 Å². The number of hydrogen-bond acceptors (Lipinski definition) is 5. The summed E-state index contributed by atoms with van der Waals surface area (Å²) >= 11 is 0. The number of nitrogens with one attached hydrogen (secondary N) is 1. The molecule has 2 aromatic heterocycles. The number of rotatable bonds is 6. The number of aryl methyl sites for hydroxylation is 1. The van der Waals surface area contributed by atoms with Crippen LogP contribution in [0.4, 0.5) is 5.69 Å². The summed E-state index contributed by atoms with van der Waals surface area (Å²) in [4.78, 5) is 20.5. The average molecular weight is 336 g/mol. The summed E-state index contributed by atoms with van der Waals surface area (Å²) < 4.78 is 5.18. The second kappa shape index (κ2) is 7.70. The monoisotopic (exact) mass is 336 g/mol. The maximum atomic E-state index is 12.1. The second-order valence-corrected chi connectivity index (χ2v) is 6.05. The summed E-state index contributed by atoms with van der Waals surface area (Å²) in [5.41, 5.74) is 2.67. The zero-order valence-corrected chi connectivity index (χ0v) is 14.3. The van der Waals surface area contributed by atoms with Crippen LogP contribution in [0.2, 0.25) is 0 Å². The van der Waals surface area contributed by atoms with E-state index in [2.05, 4.69) is 34.3 Å². The molecule has 0 aliphatic rings. The zero-order chi connectivity index (χ0) is 17.6. The molecule has 0 saturated carbocycles. The van der Waals surface area contributed by atoms with Crippen LogP contribution in [0.15, 0.2) is 53.2 Å². The van der Waals surface area contributed by atoms with E-state index >= 15 is 0 Å². The Morgan fingerprint density at radius 3 is 2.64 bits per heavy atom. The minimum atomic E-state index is -0.0881. The molecule has 0 radical (unpaired) electrons. The average Bonchev–Trinajstić information content (AvgIpc) is 3.10. The smallest absolute Gasteiger partial charge is 0.227 e. The van der Waals surface area contributed by atoms with Crippen LogP contribution in [0.25, 0.3) is 11.5 Å². The molecule has 1 N–H and O–H groups in total. The minimum absolute atomic E-state index is 0.0881. The van der Waals surface area contributed by atoms with Gasteiger partial charge in [0.1, 0.15) is 5.69 Å². The van der Waals surface area contributed by atoms with Crippen molar-refractivity contribution in [1.29, 1.82) is 0 Å². The Bertz CT molecular complexity index is 826. The van der Waals surface area contributed by atoms with Gasteiger partial charge in [0.05, 0.1) is 0 Å². The lowest BCUT2D eigenvalue weighted by Gasteiger charge is -2.08.